The number of carbonyl (C=O) groups excluding carboxylic acids is 2. The molecule has 0 aliphatic rings. The van der Waals surface area contributed by atoms with Crippen LogP contribution in [0.2, 0.25) is 0 Å². The molecular weight excluding hydrogens is 340 g/mol. The van der Waals surface area contributed by atoms with Crippen molar-refractivity contribution in [2.45, 2.75) is 47.0 Å². The fourth-order valence-corrected chi connectivity index (χ4v) is 2.35. The van der Waals surface area contributed by atoms with Gasteiger partial charge in [0, 0.05) is 22.7 Å². The Kier molecular flexibility index (Phi) is 5.64. The lowest BCUT2D eigenvalue weighted by atomic mass is 9.87. The SMILES string of the molecule is CC(C)(C)C(=O)Nc1ccc(NC(=O)c2ccc(C(C)(C)C)cc2)c(O)c1. The Morgan fingerprint density at radius 3 is 1.93 bits per heavy atom. The van der Waals surface area contributed by atoms with Gasteiger partial charge in [-0.05, 0) is 35.2 Å². The summed E-state index contributed by atoms with van der Waals surface area (Å²) in [7, 11) is 0. The number of rotatable bonds is 3. The van der Waals surface area contributed by atoms with Gasteiger partial charge in [-0.2, -0.15) is 0 Å². The van der Waals surface area contributed by atoms with Crippen LogP contribution in [-0.4, -0.2) is 16.9 Å². The second-order valence-corrected chi connectivity index (χ2v) is 8.72. The molecule has 27 heavy (non-hydrogen) atoms. The van der Waals surface area contributed by atoms with Crippen LogP contribution in [0.25, 0.3) is 0 Å². The van der Waals surface area contributed by atoms with Gasteiger partial charge in [0.25, 0.3) is 5.91 Å². The molecule has 0 aromatic heterocycles. The van der Waals surface area contributed by atoms with Crippen molar-refractivity contribution < 1.29 is 14.7 Å². The molecule has 5 heteroatoms. The first-order chi connectivity index (χ1) is 12.4. The number of phenolic OH excluding ortho intramolecular Hbond substituents is 1. The van der Waals surface area contributed by atoms with E-state index >= 15 is 0 Å². The number of hydrogen-bond donors (Lipinski definition) is 3. The van der Waals surface area contributed by atoms with Gasteiger partial charge in [-0.15, -0.1) is 0 Å². The average molecular weight is 368 g/mol. The number of amides is 2. The molecule has 0 atom stereocenters. The molecule has 0 aliphatic heterocycles. The van der Waals surface area contributed by atoms with Crippen LogP contribution in [0.3, 0.4) is 0 Å². The van der Waals surface area contributed by atoms with Crippen LogP contribution >= 0.6 is 0 Å². The van der Waals surface area contributed by atoms with Crippen molar-refractivity contribution in [1.29, 1.82) is 0 Å². The van der Waals surface area contributed by atoms with Crippen molar-refractivity contribution >= 4 is 23.2 Å². The third-order valence-corrected chi connectivity index (χ3v) is 4.20. The lowest BCUT2D eigenvalue weighted by Crippen LogP contribution is -2.27. The van der Waals surface area contributed by atoms with Crippen LogP contribution in [0.4, 0.5) is 11.4 Å². The van der Waals surface area contributed by atoms with E-state index in [2.05, 4.69) is 31.4 Å². The summed E-state index contributed by atoms with van der Waals surface area (Å²) in [5, 5.41) is 15.6. The van der Waals surface area contributed by atoms with Crippen LogP contribution in [-0.2, 0) is 10.2 Å². The quantitative estimate of drug-likeness (QED) is 0.672. The molecule has 2 rings (SSSR count). The Labute approximate surface area is 160 Å². The van der Waals surface area contributed by atoms with Crippen LogP contribution in [0.1, 0.15) is 57.5 Å². The predicted molar refractivity (Wildman–Crippen MR) is 109 cm³/mol. The minimum absolute atomic E-state index is 0.0145. The van der Waals surface area contributed by atoms with Crippen molar-refractivity contribution in [3.05, 3.63) is 53.6 Å². The minimum atomic E-state index is -0.540. The summed E-state index contributed by atoms with van der Waals surface area (Å²) in [6.45, 7) is 11.8. The highest BCUT2D eigenvalue weighted by Crippen LogP contribution is 2.29. The van der Waals surface area contributed by atoms with Crippen LogP contribution in [0, 0.1) is 5.41 Å². The number of phenols is 1. The molecule has 0 heterocycles. The first kappa shape index (κ1) is 20.5. The molecule has 5 nitrogen and oxygen atoms in total. The molecule has 144 valence electrons. The van der Waals surface area contributed by atoms with Gasteiger partial charge in [0.1, 0.15) is 5.75 Å². The van der Waals surface area contributed by atoms with Gasteiger partial charge < -0.3 is 15.7 Å². The minimum Gasteiger partial charge on any atom is -0.506 e. The van der Waals surface area contributed by atoms with Gasteiger partial charge in [0.05, 0.1) is 5.69 Å². The Balaban J connectivity index is 2.11. The van der Waals surface area contributed by atoms with Gasteiger partial charge in [-0.1, -0.05) is 53.7 Å². The first-order valence-electron chi connectivity index (χ1n) is 8.94. The molecule has 0 saturated heterocycles. The van der Waals surface area contributed by atoms with E-state index < -0.39 is 5.41 Å². The van der Waals surface area contributed by atoms with E-state index in [0.29, 0.717) is 11.3 Å². The predicted octanol–water partition coefficient (Wildman–Crippen LogP) is 4.93. The topological polar surface area (TPSA) is 78.4 Å². The van der Waals surface area contributed by atoms with E-state index in [-0.39, 0.29) is 28.7 Å². The van der Waals surface area contributed by atoms with Gasteiger partial charge in [-0.25, -0.2) is 0 Å². The fourth-order valence-electron chi connectivity index (χ4n) is 2.35. The molecule has 2 aromatic carbocycles. The van der Waals surface area contributed by atoms with E-state index in [0.717, 1.165) is 5.56 Å². The van der Waals surface area contributed by atoms with Gasteiger partial charge >= 0.3 is 0 Å². The summed E-state index contributed by atoms with van der Waals surface area (Å²) >= 11 is 0. The largest absolute Gasteiger partial charge is 0.506 e. The highest BCUT2D eigenvalue weighted by Gasteiger charge is 2.21. The lowest BCUT2D eigenvalue weighted by Gasteiger charge is -2.19. The number of benzene rings is 2. The third-order valence-electron chi connectivity index (χ3n) is 4.20. The highest BCUT2D eigenvalue weighted by atomic mass is 16.3. The number of hydrogen-bond acceptors (Lipinski definition) is 3. The Hall–Kier alpha value is -2.82. The van der Waals surface area contributed by atoms with E-state index in [1.807, 2.05) is 32.9 Å². The van der Waals surface area contributed by atoms with Crippen molar-refractivity contribution in [2.75, 3.05) is 10.6 Å². The van der Waals surface area contributed by atoms with E-state index in [4.69, 9.17) is 0 Å². The van der Waals surface area contributed by atoms with Crippen LogP contribution < -0.4 is 10.6 Å². The Bertz CT molecular complexity index is 841. The monoisotopic (exact) mass is 368 g/mol. The molecule has 2 amide bonds. The number of nitrogens with one attached hydrogen (secondary N) is 2. The first-order valence-corrected chi connectivity index (χ1v) is 8.94. The fraction of sp³-hybridized carbons (Fsp3) is 0.364. The van der Waals surface area contributed by atoms with Crippen molar-refractivity contribution in [2.24, 2.45) is 5.41 Å². The summed E-state index contributed by atoms with van der Waals surface area (Å²) < 4.78 is 0. The van der Waals surface area contributed by atoms with Gasteiger partial charge in [0.2, 0.25) is 5.91 Å². The van der Waals surface area contributed by atoms with Crippen LogP contribution in [0.5, 0.6) is 5.75 Å². The molecule has 2 aromatic rings. The summed E-state index contributed by atoms with van der Waals surface area (Å²) in [5.74, 6) is -0.573. The summed E-state index contributed by atoms with van der Waals surface area (Å²) in [6.07, 6.45) is 0. The zero-order chi connectivity index (χ0) is 20.4. The second kappa shape index (κ2) is 7.43. The normalized spacial score (nSPS) is 11.8. The van der Waals surface area contributed by atoms with Crippen LogP contribution in [0.15, 0.2) is 42.5 Å². The maximum atomic E-state index is 12.4. The van der Waals surface area contributed by atoms with E-state index in [1.165, 1.54) is 6.07 Å². The molecule has 0 unspecified atom stereocenters. The smallest absolute Gasteiger partial charge is 0.255 e. The average Bonchev–Trinajstić information content (AvgIpc) is 2.55. The zero-order valence-corrected chi connectivity index (χ0v) is 16.8. The van der Waals surface area contributed by atoms with Gasteiger partial charge in [0.15, 0.2) is 0 Å². The third kappa shape index (κ3) is 5.33. The molecule has 0 saturated carbocycles. The molecule has 0 fully saturated rings. The maximum Gasteiger partial charge on any atom is 0.255 e. The molecular formula is C22H28N2O3. The Morgan fingerprint density at radius 2 is 1.44 bits per heavy atom. The summed E-state index contributed by atoms with van der Waals surface area (Å²) in [4.78, 5) is 24.5. The summed E-state index contributed by atoms with van der Waals surface area (Å²) in [6, 6.07) is 12.0. The molecule has 0 spiro atoms. The summed E-state index contributed by atoms with van der Waals surface area (Å²) in [5.41, 5.74) is 1.88. The van der Waals surface area contributed by atoms with Crippen molar-refractivity contribution in [3.8, 4) is 5.75 Å². The molecule has 3 N–H and O–H groups in total. The number of anilines is 2. The zero-order valence-electron chi connectivity index (χ0n) is 16.8. The van der Waals surface area contributed by atoms with Gasteiger partial charge in [-0.3, -0.25) is 9.59 Å². The van der Waals surface area contributed by atoms with Crippen molar-refractivity contribution in [1.82, 2.24) is 0 Å². The van der Waals surface area contributed by atoms with Crippen molar-refractivity contribution in [3.63, 3.8) is 0 Å². The lowest BCUT2D eigenvalue weighted by molar-refractivity contribution is -0.123. The van der Waals surface area contributed by atoms with E-state index in [9.17, 15) is 14.7 Å². The standard InChI is InChI=1S/C22H28N2O3/c1-21(2,3)15-9-7-14(8-10-15)19(26)24-17-12-11-16(13-18(17)25)23-20(27)22(4,5)6/h7-13,25H,1-6H3,(H,23,27)(H,24,26). The molecule has 0 radical (unpaired) electrons. The highest BCUT2D eigenvalue weighted by molar-refractivity contribution is 6.05. The number of aromatic hydroxyl groups is 1. The van der Waals surface area contributed by atoms with E-state index in [1.54, 1.807) is 24.3 Å². The molecule has 0 aliphatic carbocycles. The Morgan fingerprint density at radius 1 is 0.852 bits per heavy atom. The second-order valence-electron chi connectivity index (χ2n) is 8.72. The number of carbonyl (C=O) groups is 2. The maximum absolute atomic E-state index is 12.4. The molecule has 0 bridgehead atoms.